The average Bonchev–Trinajstić information content (AvgIpc) is 1.82. The van der Waals surface area contributed by atoms with Gasteiger partial charge < -0.3 is 5.32 Å². The van der Waals surface area contributed by atoms with Gasteiger partial charge >= 0.3 is 0 Å². The van der Waals surface area contributed by atoms with Crippen LogP contribution in [0.2, 0.25) is 0 Å². The second-order valence-electron chi connectivity index (χ2n) is 2.29. The summed E-state index contributed by atoms with van der Waals surface area (Å²) in [5, 5.41) is 5.01. The molecule has 0 aromatic rings. The molecule has 1 heterocycles. The minimum Gasteiger partial charge on any atom is -0.320 e. The van der Waals surface area contributed by atoms with Crippen molar-refractivity contribution in [3.63, 3.8) is 0 Å². The molecule has 1 fully saturated rings. The zero-order chi connectivity index (χ0) is 7.72. The van der Waals surface area contributed by atoms with Gasteiger partial charge in [-0.05, 0) is 20.1 Å². The molecule has 0 saturated carbocycles. The molecule has 1 atom stereocenters. The second-order valence-corrected chi connectivity index (χ2v) is 3.06. The lowest BCUT2D eigenvalue weighted by Gasteiger charge is -2.30. The van der Waals surface area contributed by atoms with Crippen molar-refractivity contribution >= 4 is 16.1 Å². The van der Waals surface area contributed by atoms with Crippen molar-refractivity contribution in [2.24, 2.45) is 0 Å². The Bertz CT molecular complexity index is 178. The van der Waals surface area contributed by atoms with Crippen LogP contribution in [0.5, 0.6) is 0 Å². The molecule has 0 spiro atoms. The third-order valence-corrected chi connectivity index (χ3v) is 2.42. The van der Waals surface area contributed by atoms with Gasteiger partial charge in [-0.1, -0.05) is 0 Å². The van der Waals surface area contributed by atoms with E-state index in [9.17, 15) is 0 Å². The molecule has 0 aliphatic carbocycles. The van der Waals surface area contributed by atoms with Gasteiger partial charge in [0.25, 0.3) is 0 Å². The lowest BCUT2D eigenvalue weighted by Crippen LogP contribution is -2.88. The molecule has 0 bridgehead atoms. The highest BCUT2D eigenvalue weighted by Gasteiger charge is 2.22. The van der Waals surface area contributed by atoms with Gasteiger partial charge in [0, 0.05) is 0 Å². The smallest absolute Gasteiger partial charge is 0.211 e. The van der Waals surface area contributed by atoms with E-state index in [4.69, 9.17) is 0 Å². The van der Waals surface area contributed by atoms with Crippen LogP contribution >= 0.6 is 16.1 Å². The summed E-state index contributed by atoms with van der Waals surface area (Å²) in [6, 6.07) is 0. The minimum atomic E-state index is 0.227. The van der Waals surface area contributed by atoms with Crippen molar-refractivity contribution in [2.45, 2.75) is 13.1 Å². The summed E-state index contributed by atoms with van der Waals surface area (Å²) in [5.41, 5.74) is 0. The Hall–Kier alpha value is -0.480. The van der Waals surface area contributed by atoms with Crippen LogP contribution in [0.15, 0.2) is 24.8 Å². The molecular weight excluding hydrogens is 194 g/mol. The van der Waals surface area contributed by atoms with Crippen LogP contribution in [0.1, 0.15) is 6.92 Å². The number of nitrogens with one attached hydrogen (secondary N) is 1. The van der Waals surface area contributed by atoms with Gasteiger partial charge in [-0.2, -0.15) is 0 Å². The van der Waals surface area contributed by atoms with Gasteiger partial charge in [-0.25, -0.2) is 3.93 Å². The molecule has 0 aromatic carbocycles. The Labute approximate surface area is 69.1 Å². The molecule has 10 heavy (non-hydrogen) atoms. The molecule has 0 radical (unpaired) electrons. The van der Waals surface area contributed by atoms with Crippen molar-refractivity contribution in [1.29, 1.82) is 0 Å². The van der Waals surface area contributed by atoms with Crippen LogP contribution in [0.25, 0.3) is 0 Å². The van der Waals surface area contributed by atoms with Crippen LogP contribution in [0.3, 0.4) is 0 Å². The summed E-state index contributed by atoms with van der Waals surface area (Å²) >= 11 is 3.35. The first-order valence-corrected chi connectivity index (χ1v) is 3.76. The first-order chi connectivity index (χ1) is 4.61. The molecular formula is C6H11BrN3+. The van der Waals surface area contributed by atoms with E-state index in [-0.39, 0.29) is 6.17 Å². The van der Waals surface area contributed by atoms with Gasteiger partial charge in [0.2, 0.25) is 5.82 Å². The van der Waals surface area contributed by atoms with E-state index in [1.807, 2.05) is 16.2 Å². The zero-order valence-electron chi connectivity index (χ0n) is 5.89. The maximum Gasteiger partial charge on any atom is 0.211 e. The molecule has 56 valence electrons. The molecule has 1 unspecified atom stereocenters. The normalized spacial score (nSPS) is 26.6. The minimum absolute atomic E-state index is 0.227. The number of nitrogens with zero attached hydrogens (tertiary/aromatic N) is 1. The SMILES string of the molecule is C=C1NC(C)N(Br)C(=C)[NH2+]1. The number of quaternary nitrogens is 1. The molecule has 3 nitrogen and oxygen atoms in total. The first-order valence-electron chi connectivity index (χ1n) is 3.05. The molecule has 3 N–H and O–H groups in total. The number of halogens is 1. The quantitative estimate of drug-likeness (QED) is 0.548. The van der Waals surface area contributed by atoms with Crippen LogP contribution in [0, 0.1) is 0 Å². The van der Waals surface area contributed by atoms with Gasteiger partial charge in [0.1, 0.15) is 6.17 Å². The highest BCUT2D eigenvalue weighted by molar-refractivity contribution is 9.07. The molecule has 0 aromatic heterocycles. The van der Waals surface area contributed by atoms with Crippen molar-refractivity contribution < 1.29 is 5.32 Å². The lowest BCUT2D eigenvalue weighted by atomic mass is 10.4. The summed E-state index contributed by atoms with van der Waals surface area (Å²) in [7, 11) is 0. The van der Waals surface area contributed by atoms with E-state index < -0.39 is 0 Å². The monoisotopic (exact) mass is 204 g/mol. The Morgan fingerprint density at radius 2 is 2.30 bits per heavy atom. The lowest BCUT2D eigenvalue weighted by molar-refractivity contribution is -0.582. The Morgan fingerprint density at radius 3 is 2.80 bits per heavy atom. The fraction of sp³-hybridized carbons (Fsp3) is 0.333. The van der Waals surface area contributed by atoms with Crippen LogP contribution < -0.4 is 10.6 Å². The largest absolute Gasteiger partial charge is 0.320 e. The van der Waals surface area contributed by atoms with E-state index in [1.165, 1.54) is 0 Å². The Balaban J connectivity index is 2.66. The maximum atomic E-state index is 3.82. The molecule has 0 amide bonds. The fourth-order valence-electron chi connectivity index (χ4n) is 0.878. The van der Waals surface area contributed by atoms with E-state index in [1.54, 1.807) is 0 Å². The van der Waals surface area contributed by atoms with Crippen molar-refractivity contribution in [1.82, 2.24) is 9.24 Å². The molecule has 4 heteroatoms. The summed E-state index contributed by atoms with van der Waals surface area (Å²) < 4.78 is 1.88. The second kappa shape index (κ2) is 2.64. The first kappa shape index (κ1) is 7.63. The Kier molecular flexibility index (Phi) is 2.01. The highest BCUT2D eigenvalue weighted by Crippen LogP contribution is 2.09. The van der Waals surface area contributed by atoms with E-state index in [2.05, 4.69) is 34.6 Å². The van der Waals surface area contributed by atoms with Crippen LogP contribution in [-0.4, -0.2) is 10.1 Å². The summed E-state index contributed by atoms with van der Waals surface area (Å²) in [6.07, 6.45) is 0.227. The number of nitrogens with two attached hydrogens (primary N) is 1. The molecule has 1 aliphatic rings. The number of hydrogen-bond acceptors (Lipinski definition) is 2. The zero-order valence-corrected chi connectivity index (χ0v) is 7.48. The van der Waals surface area contributed by atoms with Crippen LogP contribution in [0.4, 0.5) is 0 Å². The predicted octanol–water partition coefficient (Wildman–Crippen LogP) is 0.0533. The fourth-order valence-corrected chi connectivity index (χ4v) is 1.08. The van der Waals surface area contributed by atoms with Crippen molar-refractivity contribution in [3.8, 4) is 0 Å². The summed E-state index contributed by atoms with van der Waals surface area (Å²) in [4.78, 5) is 0. The predicted molar refractivity (Wildman–Crippen MR) is 43.6 cm³/mol. The number of rotatable bonds is 0. The third kappa shape index (κ3) is 1.33. The molecule has 1 aliphatic heterocycles. The maximum absolute atomic E-state index is 3.82. The highest BCUT2D eigenvalue weighted by atomic mass is 79.9. The molecule has 1 rings (SSSR count). The van der Waals surface area contributed by atoms with Crippen molar-refractivity contribution in [2.75, 3.05) is 0 Å². The van der Waals surface area contributed by atoms with Crippen LogP contribution in [-0.2, 0) is 0 Å². The van der Waals surface area contributed by atoms with Gasteiger partial charge in [-0.3, -0.25) is 5.32 Å². The van der Waals surface area contributed by atoms with E-state index in [0.717, 1.165) is 11.6 Å². The summed E-state index contributed by atoms with van der Waals surface area (Å²) in [6.45, 7) is 9.62. The molecule has 1 saturated heterocycles. The van der Waals surface area contributed by atoms with Gasteiger partial charge in [0.05, 0.1) is 16.1 Å². The summed E-state index contributed by atoms with van der Waals surface area (Å²) in [5.74, 6) is 1.84. The number of hydrogen-bond donors (Lipinski definition) is 2. The van der Waals surface area contributed by atoms with E-state index in [0.29, 0.717) is 0 Å². The van der Waals surface area contributed by atoms with E-state index >= 15 is 0 Å². The van der Waals surface area contributed by atoms with Gasteiger partial charge in [-0.15, -0.1) is 0 Å². The Morgan fingerprint density at radius 1 is 1.70 bits per heavy atom. The van der Waals surface area contributed by atoms with Gasteiger partial charge in [0.15, 0.2) is 5.82 Å². The standard InChI is InChI=1S/C6H10BrN3/c1-4-8-5(2)10(7)6(3)9-4/h6,8-9H,1-2H2,3H3/p+1. The van der Waals surface area contributed by atoms with Crippen molar-refractivity contribution in [3.05, 3.63) is 24.8 Å². The third-order valence-electron chi connectivity index (χ3n) is 1.35. The topological polar surface area (TPSA) is 31.9 Å². The average molecular weight is 205 g/mol.